The van der Waals surface area contributed by atoms with Gasteiger partial charge in [0, 0.05) is 44.6 Å². The molecule has 2 fully saturated rings. The van der Waals surface area contributed by atoms with E-state index in [-0.39, 0.29) is 24.3 Å². The first-order chi connectivity index (χ1) is 9.29. The Kier molecular flexibility index (Phi) is 3.57. The SMILES string of the molecule is O=C(C1CC1c1ccco1)N1CCN(CCO)CC1. The number of aliphatic hydroxyl groups is 1. The topological polar surface area (TPSA) is 56.9 Å². The molecule has 5 heteroatoms. The average Bonchev–Trinajstić information content (AvgIpc) is 3.05. The van der Waals surface area contributed by atoms with Gasteiger partial charge in [-0.1, -0.05) is 0 Å². The first-order valence-electron chi connectivity index (χ1n) is 6.95. The molecule has 3 rings (SSSR count). The molecule has 2 unspecified atom stereocenters. The summed E-state index contributed by atoms with van der Waals surface area (Å²) in [6.45, 7) is 4.19. The van der Waals surface area contributed by atoms with Gasteiger partial charge in [-0.25, -0.2) is 0 Å². The Balaban J connectivity index is 1.50. The zero-order chi connectivity index (χ0) is 13.2. The van der Waals surface area contributed by atoms with Gasteiger partial charge in [-0.05, 0) is 18.6 Å². The summed E-state index contributed by atoms with van der Waals surface area (Å²) in [5.74, 6) is 1.62. The molecule has 0 bridgehead atoms. The Bertz CT molecular complexity index is 424. The predicted octanol–water partition coefficient (Wildman–Crippen LogP) is 0.520. The summed E-state index contributed by atoms with van der Waals surface area (Å²) in [5.41, 5.74) is 0. The highest BCUT2D eigenvalue weighted by molar-refractivity contribution is 5.83. The van der Waals surface area contributed by atoms with Gasteiger partial charge in [-0.3, -0.25) is 9.69 Å². The highest BCUT2D eigenvalue weighted by Crippen LogP contribution is 2.48. The van der Waals surface area contributed by atoms with Crippen molar-refractivity contribution in [1.29, 1.82) is 0 Å². The molecular formula is C14H20N2O3. The lowest BCUT2D eigenvalue weighted by atomic mass is 10.2. The fraction of sp³-hybridized carbons (Fsp3) is 0.643. The van der Waals surface area contributed by atoms with Gasteiger partial charge < -0.3 is 14.4 Å². The van der Waals surface area contributed by atoms with Crippen molar-refractivity contribution in [3.8, 4) is 0 Å². The number of carbonyl (C=O) groups excluding carboxylic acids is 1. The van der Waals surface area contributed by atoms with Crippen LogP contribution in [-0.4, -0.2) is 60.1 Å². The lowest BCUT2D eigenvalue weighted by molar-refractivity contribution is -0.134. The molecule has 2 heterocycles. The van der Waals surface area contributed by atoms with E-state index in [0.29, 0.717) is 6.54 Å². The summed E-state index contributed by atoms with van der Waals surface area (Å²) in [5, 5.41) is 8.90. The number of carbonyl (C=O) groups is 1. The van der Waals surface area contributed by atoms with Gasteiger partial charge in [0.25, 0.3) is 0 Å². The Labute approximate surface area is 112 Å². The lowest BCUT2D eigenvalue weighted by Gasteiger charge is -2.34. The molecule has 1 N–H and O–H groups in total. The zero-order valence-corrected chi connectivity index (χ0v) is 11.0. The van der Waals surface area contributed by atoms with Gasteiger partial charge in [-0.15, -0.1) is 0 Å². The molecular weight excluding hydrogens is 244 g/mol. The highest BCUT2D eigenvalue weighted by atomic mass is 16.3. The molecule has 5 nitrogen and oxygen atoms in total. The third-order valence-corrected chi connectivity index (χ3v) is 4.12. The standard InChI is InChI=1S/C14H20N2O3/c17-8-7-15-3-5-16(6-4-15)14(18)12-10-11(12)13-2-1-9-19-13/h1-2,9,11-12,17H,3-8,10H2. The van der Waals surface area contributed by atoms with E-state index in [1.54, 1.807) is 6.26 Å². The zero-order valence-electron chi connectivity index (χ0n) is 11.0. The van der Waals surface area contributed by atoms with Gasteiger partial charge >= 0.3 is 0 Å². The van der Waals surface area contributed by atoms with E-state index < -0.39 is 0 Å². The molecule has 1 aliphatic heterocycles. The fourth-order valence-corrected chi connectivity index (χ4v) is 2.85. The van der Waals surface area contributed by atoms with Crippen molar-refractivity contribution in [2.75, 3.05) is 39.3 Å². The summed E-state index contributed by atoms with van der Waals surface area (Å²) in [4.78, 5) is 16.5. The van der Waals surface area contributed by atoms with Crippen LogP contribution in [0.25, 0.3) is 0 Å². The molecule has 1 aliphatic carbocycles. The minimum Gasteiger partial charge on any atom is -0.469 e. The Hall–Kier alpha value is -1.33. The molecule has 1 aromatic rings. The number of furan rings is 1. The van der Waals surface area contributed by atoms with Crippen LogP contribution in [0.1, 0.15) is 18.1 Å². The summed E-state index contributed by atoms with van der Waals surface area (Å²) in [6, 6.07) is 3.83. The smallest absolute Gasteiger partial charge is 0.226 e. The third kappa shape index (κ3) is 2.67. The van der Waals surface area contributed by atoms with E-state index in [9.17, 15) is 4.79 Å². The maximum absolute atomic E-state index is 12.3. The second-order valence-electron chi connectivity index (χ2n) is 5.35. The number of rotatable bonds is 4. The molecule has 1 saturated heterocycles. The number of aliphatic hydroxyl groups excluding tert-OH is 1. The van der Waals surface area contributed by atoms with Crippen LogP contribution in [0.5, 0.6) is 0 Å². The molecule has 104 valence electrons. The Morgan fingerprint density at radius 2 is 2.16 bits per heavy atom. The largest absolute Gasteiger partial charge is 0.469 e. The van der Waals surface area contributed by atoms with E-state index in [0.717, 1.165) is 38.4 Å². The molecule has 1 amide bonds. The molecule has 2 aliphatic rings. The molecule has 1 aromatic heterocycles. The summed E-state index contributed by atoms with van der Waals surface area (Å²) in [6.07, 6.45) is 2.59. The van der Waals surface area contributed by atoms with Crippen LogP contribution < -0.4 is 0 Å². The normalized spacial score (nSPS) is 27.5. The number of hydrogen-bond donors (Lipinski definition) is 1. The van der Waals surface area contributed by atoms with Crippen molar-refractivity contribution in [3.05, 3.63) is 24.2 Å². The minimum absolute atomic E-state index is 0.121. The number of amides is 1. The van der Waals surface area contributed by atoms with Crippen LogP contribution in [0.3, 0.4) is 0 Å². The Morgan fingerprint density at radius 1 is 1.37 bits per heavy atom. The van der Waals surface area contributed by atoms with Crippen molar-refractivity contribution in [3.63, 3.8) is 0 Å². The molecule has 0 spiro atoms. The number of nitrogens with zero attached hydrogens (tertiary/aromatic N) is 2. The number of hydrogen-bond acceptors (Lipinski definition) is 4. The molecule has 0 aromatic carbocycles. The summed E-state index contributed by atoms with van der Waals surface area (Å²) >= 11 is 0. The van der Waals surface area contributed by atoms with Gasteiger partial charge in [-0.2, -0.15) is 0 Å². The fourth-order valence-electron chi connectivity index (χ4n) is 2.85. The minimum atomic E-state index is 0.121. The molecule has 0 radical (unpaired) electrons. The van der Waals surface area contributed by atoms with E-state index in [1.165, 1.54) is 0 Å². The van der Waals surface area contributed by atoms with Crippen LogP contribution in [-0.2, 0) is 4.79 Å². The van der Waals surface area contributed by atoms with Crippen molar-refractivity contribution < 1.29 is 14.3 Å². The van der Waals surface area contributed by atoms with Crippen molar-refractivity contribution in [2.24, 2.45) is 5.92 Å². The molecule has 19 heavy (non-hydrogen) atoms. The van der Waals surface area contributed by atoms with Crippen LogP contribution in [0.15, 0.2) is 22.8 Å². The maximum Gasteiger partial charge on any atom is 0.226 e. The van der Waals surface area contributed by atoms with Gasteiger partial charge in [0.2, 0.25) is 5.91 Å². The van der Waals surface area contributed by atoms with E-state index in [1.807, 2.05) is 17.0 Å². The second-order valence-corrected chi connectivity index (χ2v) is 5.35. The Morgan fingerprint density at radius 3 is 2.79 bits per heavy atom. The van der Waals surface area contributed by atoms with Crippen LogP contribution in [0.4, 0.5) is 0 Å². The van der Waals surface area contributed by atoms with Crippen LogP contribution in [0, 0.1) is 5.92 Å². The first kappa shape index (κ1) is 12.7. The molecule has 1 saturated carbocycles. The van der Waals surface area contributed by atoms with E-state index >= 15 is 0 Å². The second kappa shape index (κ2) is 5.35. The van der Waals surface area contributed by atoms with Gasteiger partial charge in [0.15, 0.2) is 0 Å². The summed E-state index contributed by atoms with van der Waals surface area (Å²) in [7, 11) is 0. The van der Waals surface area contributed by atoms with E-state index in [4.69, 9.17) is 9.52 Å². The maximum atomic E-state index is 12.3. The van der Waals surface area contributed by atoms with Crippen molar-refractivity contribution in [2.45, 2.75) is 12.3 Å². The summed E-state index contributed by atoms with van der Waals surface area (Å²) < 4.78 is 5.37. The lowest BCUT2D eigenvalue weighted by Crippen LogP contribution is -2.49. The van der Waals surface area contributed by atoms with Gasteiger partial charge in [0.1, 0.15) is 5.76 Å². The third-order valence-electron chi connectivity index (χ3n) is 4.12. The van der Waals surface area contributed by atoms with Crippen LogP contribution in [0.2, 0.25) is 0 Å². The van der Waals surface area contributed by atoms with Crippen LogP contribution >= 0.6 is 0 Å². The number of β-amino-alcohol motifs (C(OH)–C–C–N with tert-alkyl or cyclic N) is 1. The van der Waals surface area contributed by atoms with Gasteiger partial charge in [0.05, 0.1) is 12.9 Å². The van der Waals surface area contributed by atoms with Crippen molar-refractivity contribution >= 4 is 5.91 Å². The quantitative estimate of drug-likeness (QED) is 0.861. The number of piperazine rings is 1. The monoisotopic (exact) mass is 264 g/mol. The predicted molar refractivity (Wildman–Crippen MR) is 69.7 cm³/mol. The van der Waals surface area contributed by atoms with E-state index in [2.05, 4.69) is 4.90 Å². The first-order valence-corrected chi connectivity index (χ1v) is 6.95. The molecule has 2 atom stereocenters. The highest BCUT2D eigenvalue weighted by Gasteiger charge is 2.47. The average molecular weight is 264 g/mol. The van der Waals surface area contributed by atoms with Crippen molar-refractivity contribution in [1.82, 2.24) is 9.80 Å².